The molecule has 1 aliphatic rings. The molecule has 0 unspecified atom stereocenters. The van der Waals surface area contributed by atoms with Gasteiger partial charge in [0, 0.05) is 36.4 Å². The summed E-state index contributed by atoms with van der Waals surface area (Å²) < 4.78 is 27.7. The van der Waals surface area contributed by atoms with E-state index in [0.29, 0.717) is 17.3 Å². The van der Waals surface area contributed by atoms with Crippen LogP contribution in [0, 0.1) is 0 Å². The van der Waals surface area contributed by atoms with Crippen LogP contribution in [0.4, 0.5) is 5.69 Å². The van der Waals surface area contributed by atoms with Crippen LogP contribution >= 0.6 is 23.2 Å². The summed E-state index contributed by atoms with van der Waals surface area (Å²) >= 11 is 11.8. The van der Waals surface area contributed by atoms with Crippen LogP contribution in [-0.2, 0) is 10.0 Å². The molecule has 0 saturated carbocycles. The normalized spacial score (nSPS) is 15.9. The predicted octanol–water partition coefficient (Wildman–Crippen LogP) is 4.40. The predicted molar refractivity (Wildman–Crippen MR) is 121 cm³/mol. The number of carbonyl (C=O) groups is 1. The van der Waals surface area contributed by atoms with E-state index in [9.17, 15) is 13.2 Å². The second-order valence-corrected chi connectivity index (χ2v) is 10.1. The molecule has 1 fully saturated rings. The number of amides is 1. The van der Waals surface area contributed by atoms with Crippen molar-refractivity contribution in [3.05, 3.63) is 58.1 Å². The Bertz CT molecular complexity index is 1020. The Morgan fingerprint density at radius 1 is 1.07 bits per heavy atom. The van der Waals surface area contributed by atoms with Gasteiger partial charge in [-0.05, 0) is 63.1 Å². The molecule has 0 spiro atoms. The molecular weight excluding hydrogens is 445 g/mol. The van der Waals surface area contributed by atoms with E-state index in [1.54, 1.807) is 18.2 Å². The Hall–Kier alpha value is -1.80. The molecule has 9 heteroatoms. The molecule has 0 bridgehead atoms. The number of sulfonamides is 1. The monoisotopic (exact) mass is 469 g/mol. The van der Waals surface area contributed by atoms with Gasteiger partial charge in [-0.15, -0.1) is 0 Å². The summed E-state index contributed by atoms with van der Waals surface area (Å²) in [7, 11) is -3.87. The highest BCUT2D eigenvalue weighted by Crippen LogP contribution is 2.26. The van der Waals surface area contributed by atoms with Gasteiger partial charge in [0.05, 0.1) is 14.9 Å². The van der Waals surface area contributed by atoms with Gasteiger partial charge in [0.1, 0.15) is 0 Å². The number of benzene rings is 2. The Kier molecular flexibility index (Phi) is 7.29. The molecule has 3 rings (SSSR count). The average molecular weight is 470 g/mol. The first-order valence-corrected chi connectivity index (χ1v) is 12.0. The summed E-state index contributed by atoms with van der Waals surface area (Å²) in [6.45, 7) is 6.24. The van der Waals surface area contributed by atoms with Crippen molar-refractivity contribution in [2.75, 3.05) is 17.8 Å². The minimum atomic E-state index is -3.87. The van der Waals surface area contributed by atoms with Crippen molar-refractivity contribution in [3.8, 4) is 0 Å². The van der Waals surface area contributed by atoms with Gasteiger partial charge in [-0.25, -0.2) is 8.42 Å². The van der Waals surface area contributed by atoms with Crippen molar-refractivity contribution < 1.29 is 13.2 Å². The molecule has 1 amide bonds. The lowest BCUT2D eigenvalue weighted by atomic mass is 10.0. The molecule has 2 N–H and O–H groups in total. The van der Waals surface area contributed by atoms with Crippen LogP contribution in [0.3, 0.4) is 0 Å². The number of nitrogens with one attached hydrogen (secondary N) is 2. The SMILES string of the molecule is CC(C)N1CCC(NC(=O)c2cccc(NS(=O)(=O)c3ccc(Cl)c(Cl)c3)c2)CC1. The van der Waals surface area contributed by atoms with Crippen molar-refractivity contribution >= 4 is 44.8 Å². The molecule has 0 aromatic heterocycles. The third-order valence-electron chi connectivity index (χ3n) is 5.17. The molecule has 0 aliphatic carbocycles. The lowest BCUT2D eigenvalue weighted by Crippen LogP contribution is -2.46. The minimum absolute atomic E-state index is 0.0105. The molecule has 0 atom stereocenters. The first-order valence-electron chi connectivity index (χ1n) is 9.78. The van der Waals surface area contributed by atoms with E-state index in [1.807, 2.05) is 0 Å². The molecule has 162 valence electrons. The second kappa shape index (κ2) is 9.56. The fourth-order valence-corrected chi connectivity index (χ4v) is 4.85. The molecule has 1 heterocycles. The summed E-state index contributed by atoms with van der Waals surface area (Å²) in [4.78, 5) is 15.0. The number of nitrogens with zero attached hydrogens (tertiary/aromatic N) is 1. The van der Waals surface area contributed by atoms with Gasteiger partial charge in [0.15, 0.2) is 0 Å². The zero-order chi connectivity index (χ0) is 21.9. The summed E-state index contributed by atoms with van der Waals surface area (Å²) in [6.07, 6.45) is 1.79. The number of hydrogen-bond acceptors (Lipinski definition) is 4. The maximum Gasteiger partial charge on any atom is 0.261 e. The Morgan fingerprint density at radius 3 is 2.40 bits per heavy atom. The van der Waals surface area contributed by atoms with E-state index in [2.05, 4.69) is 28.8 Å². The van der Waals surface area contributed by atoms with Crippen molar-refractivity contribution in [2.24, 2.45) is 0 Å². The van der Waals surface area contributed by atoms with Crippen molar-refractivity contribution in [1.29, 1.82) is 0 Å². The van der Waals surface area contributed by atoms with E-state index < -0.39 is 10.0 Å². The van der Waals surface area contributed by atoms with Crippen LogP contribution < -0.4 is 10.0 Å². The van der Waals surface area contributed by atoms with Crippen LogP contribution in [0.25, 0.3) is 0 Å². The van der Waals surface area contributed by atoms with Crippen LogP contribution in [0.15, 0.2) is 47.4 Å². The quantitative estimate of drug-likeness (QED) is 0.656. The standard InChI is InChI=1S/C21H25Cl2N3O3S/c1-14(2)26-10-8-16(9-11-26)24-21(27)15-4-3-5-17(12-15)25-30(28,29)18-6-7-19(22)20(23)13-18/h3-7,12-14,16,25H,8-11H2,1-2H3,(H,24,27). The molecule has 2 aromatic carbocycles. The number of carbonyl (C=O) groups excluding carboxylic acids is 1. The zero-order valence-electron chi connectivity index (χ0n) is 16.9. The zero-order valence-corrected chi connectivity index (χ0v) is 19.2. The summed E-state index contributed by atoms with van der Waals surface area (Å²) in [6, 6.07) is 11.1. The van der Waals surface area contributed by atoms with Crippen molar-refractivity contribution in [3.63, 3.8) is 0 Å². The van der Waals surface area contributed by atoms with Crippen LogP contribution in [0.5, 0.6) is 0 Å². The molecule has 1 aliphatic heterocycles. The molecular formula is C21H25Cl2N3O3S. The molecule has 2 aromatic rings. The number of anilines is 1. The Balaban J connectivity index is 1.67. The van der Waals surface area contributed by atoms with Gasteiger partial charge in [-0.1, -0.05) is 29.3 Å². The van der Waals surface area contributed by atoms with Crippen LogP contribution in [0.1, 0.15) is 37.0 Å². The van der Waals surface area contributed by atoms with Gasteiger partial charge < -0.3 is 10.2 Å². The fraction of sp³-hybridized carbons (Fsp3) is 0.381. The Labute approximate surface area is 187 Å². The number of hydrogen-bond donors (Lipinski definition) is 2. The Morgan fingerprint density at radius 2 is 1.77 bits per heavy atom. The lowest BCUT2D eigenvalue weighted by molar-refractivity contribution is 0.0900. The van der Waals surface area contributed by atoms with E-state index in [0.717, 1.165) is 25.9 Å². The maximum absolute atomic E-state index is 12.7. The van der Waals surface area contributed by atoms with E-state index >= 15 is 0 Å². The molecule has 0 radical (unpaired) electrons. The average Bonchev–Trinajstić information content (AvgIpc) is 2.70. The van der Waals surface area contributed by atoms with Gasteiger partial charge >= 0.3 is 0 Å². The number of likely N-dealkylation sites (tertiary alicyclic amines) is 1. The first kappa shape index (κ1) is 22.9. The van der Waals surface area contributed by atoms with Crippen LogP contribution in [0.2, 0.25) is 10.0 Å². The molecule has 30 heavy (non-hydrogen) atoms. The first-order chi connectivity index (χ1) is 14.2. The fourth-order valence-electron chi connectivity index (χ4n) is 3.41. The topological polar surface area (TPSA) is 78.5 Å². The van der Waals surface area contributed by atoms with E-state index in [4.69, 9.17) is 23.2 Å². The third-order valence-corrected chi connectivity index (χ3v) is 7.29. The summed E-state index contributed by atoms with van der Waals surface area (Å²) in [5.41, 5.74) is 0.693. The minimum Gasteiger partial charge on any atom is -0.349 e. The van der Waals surface area contributed by atoms with Gasteiger partial charge in [0.25, 0.3) is 15.9 Å². The van der Waals surface area contributed by atoms with Crippen LogP contribution in [-0.4, -0.2) is 44.4 Å². The summed E-state index contributed by atoms with van der Waals surface area (Å²) in [5.74, 6) is -0.214. The highest BCUT2D eigenvalue weighted by atomic mass is 35.5. The number of rotatable bonds is 6. The third kappa shape index (κ3) is 5.66. The maximum atomic E-state index is 12.7. The van der Waals surface area contributed by atoms with E-state index in [-0.39, 0.29) is 26.9 Å². The summed E-state index contributed by atoms with van der Waals surface area (Å²) in [5, 5.41) is 3.48. The smallest absolute Gasteiger partial charge is 0.261 e. The molecule has 6 nitrogen and oxygen atoms in total. The molecule has 1 saturated heterocycles. The van der Waals surface area contributed by atoms with Gasteiger partial charge in [-0.2, -0.15) is 0 Å². The van der Waals surface area contributed by atoms with Gasteiger partial charge in [0.2, 0.25) is 0 Å². The number of piperidine rings is 1. The number of halogens is 2. The highest BCUT2D eigenvalue weighted by Gasteiger charge is 2.23. The largest absolute Gasteiger partial charge is 0.349 e. The highest BCUT2D eigenvalue weighted by molar-refractivity contribution is 7.92. The van der Waals surface area contributed by atoms with Crippen molar-refractivity contribution in [2.45, 2.75) is 43.7 Å². The van der Waals surface area contributed by atoms with Gasteiger partial charge in [-0.3, -0.25) is 9.52 Å². The second-order valence-electron chi connectivity index (χ2n) is 7.64. The van der Waals surface area contributed by atoms with E-state index in [1.165, 1.54) is 24.3 Å². The lowest BCUT2D eigenvalue weighted by Gasteiger charge is -2.34. The van der Waals surface area contributed by atoms with Crippen molar-refractivity contribution in [1.82, 2.24) is 10.2 Å².